The van der Waals surface area contributed by atoms with E-state index in [-0.39, 0.29) is 36.9 Å². The van der Waals surface area contributed by atoms with Crippen LogP contribution in [0.15, 0.2) is 0 Å². The number of halogens is 1. The fourth-order valence-corrected chi connectivity index (χ4v) is 0.258. The third kappa shape index (κ3) is 8.23. The van der Waals surface area contributed by atoms with E-state index in [0.717, 1.165) is 0 Å². The van der Waals surface area contributed by atoms with E-state index in [2.05, 4.69) is 4.74 Å². The van der Waals surface area contributed by atoms with Gasteiger partial charge < -0.3 is 11.3 Å². The van der Waals surface area contributed by atoms with Crippen LogP contribution in [-0.4, -0.2) is 29.5 Å². The van der Waals surface area contributed by atoms with Crippen molar-refractivity contribution in [1.82, 2.24) is 0 Å². The van der Waals surface area contributed by atoms with E-state index in [1.807, 2.05) is 0 Å². The van der Waals surface area contributed by atoms with Gasteiger partial charge in [-0.2, -0.15) is 0 Å². The van der Waals surface area contributed by atoms with Gasteiger partial charge in [0.15, 0.2) is 6.61 Å². The van der Waals surface area contributed by atoms with Crippen molar-refractivity contribution in [2.75, 3.05) is 12.5 Å². The fourth-order valence-electron chi connectivity index (χ4n) is 0.181. The van der Waals surface area contributed by atoms with Crippen LogP contribution in [0.2, 0.25) is 0 Å². The van der Waals surface area contributed by atoms with Gasteiger partial charge in [0, 0.05) is 0 Å². The number of carboxylic acid groups (broad SMARTS) is 1. The fraction of sp³-hybridized carbons (Fsp3) is 0.500. The first-order chi connectivity index (χ1) is 4.16. The van der Waals surface area contributed by atoms with E-state index in [0.29, 0.717) is 0 Å². The van der Waals surface area contributed by atoms with Crippen molar-refractivity contribution in [3.63, 3.8) is 0 Å². The van der Waals surface area contributed by atoms with Gasteiger partial charge in [0.05, 0.1) is 0 Å². The van der Waals surface area contributed by atoms with Crippen molar-refractivity contribution >= 4 is 23.5 Å². The number of carbonyl (C=O) groups is 2. The van der Waals surface area contributed by atoms with Crippen LogP contribution in [-0.2, 0) is 14.3 Å². The molecule has 0 aromatic rings. The molecule has 4 nitrogen and oxygen atoms in total. The summed E-state index contributed by atoms with van der Waals surface area (Å²) in [6.07, 6.45) is 0. The number of rotatable bonds is 3. The Kier molecular flexibility index (Phi) is 9.44. The van der Waals surface area contributed by atoms with Crippen LogP contribution in [0.5, 0.6) is 0 Å². The smallest absolute Gasteiger partial charge is 1.00 e. The monoisotopic (exact) mass is 176 g/mol. The molecular weight excluding hydrogens is 170 g/mol. The minimum atomic E-state index is -1.19. The third-order valence-electron chi connectivity index (χ3n) is 0.466. The normalized spacial score (nSPS) is 7.70. The zero-order valence-electron chi connectivity index (χ0n) is 6.46. The molecule has 54 valence electrons. The van der Waals surface area contributed by atoms with E-state index < -0.39 is 18.5 Å². The second-order valence-corrected chi connectivity index (χ2v) is 1.46. The van der Waals surface area contributed by atoms with Gasteiger partial charge in [-0.15, -0.1) is 11.6 Å². The Balaban J connectivity index is -0.000000320. The molecule has 1 N–H and O–H groups in total. The number of carbonyl (C=O) groups excluding carboxylic acids is 1. The molecule has 0 saturated heterocycles. The summed E-state index contributed by atoms with van der Waals surface area (Å²) in [6, 6.07) is 0. The summed E-state index contributed by atoms with van der Waals surface area (Å²) in [7, 11) is 0. The Morgan fingerprint density at radius 2 is 2.10 bits per heavy atom. The van der Waals surface area contributed by atoms with Crippen molar-refractivity contribution in [2.24, 2.45) is 0 Å². The Hall–Kier alpha value is 0.230. The molecule has 0 saturated carbocycles. The molecule has 0 aromatic heterocycles. The molecule has 0 rings (SSSR count). The van der Waals surface area contributed by atoms with E-state index in [1.165, 1.54) is 0 Å². The average molecular weight is 177 g/mol. The second-order valence-electron chi connectivity index (χ2n) is 1.19. The van der Waals surface area contributed by atoms with Crippen LogP contribution in [0.1, 0.15) is 1.43 Å². The van der Waals surface area contributed by atoms with Crippen molar-refractivity contribution in [3.05, 3.63) is 0 Å². The van der Waals surface area contributed by atoms with Crippen LogP contribution >= 0.6 is 11.6 Å². The molecule has 0 radical (unpaired) electrons. The Labute approximate surface area is 86.3 Å². The summed E-state index contributed by atoms with van der Waals surface area (Å²) in [5.74, 6) is -2.22. The predicted molar refractivity (Wildman–Crippen MR) is 30.4 cm³/mol. The van der Waals surface area contributed by atoms with Crippen molar-refractivity contribution in [3.8, 4) is 0 Å². The molecule has 0 aliphatic rings. The van der Waals surface area contributed by atoms with Gasteiger partial charge in [-0.25, -0.2) is 4.79 Å². The minimum absolute atomic E-state index is 0. The largest absolute Gasteiger partial charge is 1.00 e. The number of esters is 1. The van der Waals surface area contributed by atoms with Gasteiger partial charge in [-0.3, -0.25) is 4.79 Å². The zero-order chi connectivity index (χ0) is 7.28. The van der Waals surface area contributed by atoms with Crippen molar-refractivity contribution in [2.45, 2.75) is 0 Å². The number of hydrogen-bond donors (Lipinski definition) is 1. The van der Waals surface area contributed by atoms with Gasteiger partial charge in [-0.1, -0.05) is 0 Å². The maximum absolute atomic E-state index is 10.1. The summed E-state index contributed by atoms with van der Waals surface area (Å²) in [5, 5.41) is 7.94. The number of hydrogen-bond acceptors (Lipinski definition) is 3. The van der Waals surface area contributed by atoms with Gasteiger partial charge in [-0.05, 0) is 0 Å². The standard InChI is InChI=1S/C4H5ClO4.Na.H/c5-1-4(8)9-2-3(6)7;;/h1-2H2,(H,6,7);;/q;+1;-1. The molecule has 0 spiro atoms. The first-order valence-electron chi connectivity index (χ1n) is 2.10. The van der Waals surface area contributed by atoms with Gasteiger partial charge in [0.25, 0.3) is 0 Å². The minimum Gasteiger partial charge on any atom is -1.00 e. The van der Waals surface area contributed by atoms with E-state index in [9.17, 15) is 9.59 Å². The topological polar surface area (TPSA) is 63.6 Å². The van der Waals surface area contributed by atoms with Crippen LogP contribution in [0, 0.1) is 0 Å². The summed E-state index contributed by atoms with van der Waals surface area (Å²) >= 11 is 4.97. The molecule has 0 aliphatic heterocycles. The SMILES string of the molecule is O=C(O)COC(=O)CCl.[H-].[Na+]. The number of ether oxygens (including phenoxy) is 1. The van der Waals surface area contributed by atoms with Crippen LogP contribution in [0.25, 0.3) is 0 Å². The molecule has 0 aromatic carbocycles. The molecular formula is C4H6ClNaO4. The molecule has 0 atom stereocenters. The van der Waals surface area contributed by atoms with Gasteiger partial charge in [0.1, 0.15) is 5.88 Å². The molecule has 10 heavy (non-hydrogen) atoms. The van der Waals surface area contributed by atoms with Crippen molar-refractivity contribution in [1.29, 1.82) is 0 Å². The summed E-state index contributed by atoms with van der Waals surface area (Å²) < 4.78 is 4.08. The zero-order valence-corrected chi connectivity index (χ0v) is 8.22. The number of alkyl halides is 1. The van der Waals surface area contributed by atoms with Crippen LogP contribution in [0.4, 0.5) is 0 Å². The summed E-state index contributed by atoms with van der Waals surface area (Å²) in [5.41, 5.74) is 0. The Morgan fingerprint density at radius 3 is 2.40 bits per heavy atom. The molecule has 0 amide bonds. The van der Waals surface area contributed by atoms with E-state index >= 15 is 0 Å². The molecule has 0 bridgehead atoms. The molecule has 6 heteroatoms. The average Bonchev–Trinajstić information content (AvgIpc) is 1.83. The van der Waals surface area contributed by atoms with Crippen LogP contribution in [0.3, 0.4) is 0 Å². The molecule has 0 unspecified atom stereocenters. The third-order valence-corrected chi connectivity index (χ3v) is 0.684. The quantitative estimate of drug-likeness (QED) is 0.282. The summed E-state index contributed by atoms with van der Waals surface area (Å²) in [6.45, 7) is -0.619. The van der Waals surface area contributed by atoms with Gasteiger partial charge in [0.2, 0.25) is 0 Å². The maximum atomic E-state index is 10.1. The van der Waals surface area contributed by atoms with Crippen LogP contribution < -0.4 is 29.6 Å². The first-order valence-corrected chi connectivity index (χ1v) is 2.63. The van der Waals surface area contributed by atoms with E-state index in [4.69, 9.17) is 16.7 Å². The number of aliphatic carboxylic acids is 1. The van der Waals surface area contributed by atoms with E-state index in [1.54, 1.807) is 0 Å². The number of carboxylic acids is 1. The molecule has 0 heterocycles. The van der Waals surface area contributed by atoms with Crippen molar-refractivity contribution < 1.29 is 50.4 Å². The Bertz CT molecular complexity index is 131. The molecule has 0 fully saturated rings. The first kappa shape index (κ1) is 12.9. The second kappa shape index (κ2) is 7.34. The maximum Gasteiger partial charge on any atom is 1.00 e. The Morgan fingerprint density at radius 1 is 1.60 bits per heavy atom. The predicted octanol–water partition coefficient (Wildman–Crippen LogP) is -3.03. The molecule has 0 aliphatic carbocycles. The summed E-state index contributed by atoms with van der Waals surface area (Å²) in [4.78, 5) is 19.8. The van der Waals surface area contributed by atoms with Gasteiger partial charge >= 0.3 is 41.5 Å².